The van der Waals surface area contributed by atoms with Crippen molar-refractivity contribution in [1.82, 2.24) is 4.98 Å². The van der Waals surface area contributed by atoms with Gasteiger partial charge in [-0.25, -0.2) is 0 Å². The fourth-order valence-corrected chi connectivity index (χ4v) is 1.80. The van der Waals surface area contributed by atoms with Gasteiger partial charge in [0.15, 0.2) is 0 Å². The standard InChI is InChI=1S/C13H16N2O2/c1-9-7-12(14-5-6-16)11-4-3-10(17-2)8-13(11)15-9/h3-4,7-8,16H,5-6H2,1-2H3,(H,14,15). The van der Waals surface area contributed by atoms with Gasteiger partial charge in [-0.1, -0.05) is 0 Å². The number of methoxy groups -OCH3 is 1. The molecule has 0 bridgehead atoms. The van der Waals surface area contributed by atoms with E-state index in [1.54, 1.807) is 7.11 Å². The van der Waals surface area contributed by atoms with Gasteiger partial charge in [0.05, 0.1) is 19.2 Å². The highest BCUT2D eigenvalue weighted by Gasteiger charge is 2.04. The summed E-state index contributed by atoms with van der Waals surface area (Å²) in [5.74, 6) is 0.795. The van der Waals surface area contributed by atoms with Crippen LogP contribution in [0.5, 0.6) is 5.75 Å². The number of hydrogen-bond acceptors (Lipinski definition) is 4. The summed E-state index contributed by atoms with van der Waals surface area (Å²) in [6.07, 6.45) is 0. The predicted molar refractivity (Wildman–Crippen MR) is 68.6 cm³/mol. The van der Waals surface area contributed by atoms with E-state index in [2.05, 4.69) is 10.3 Å². The van der Waals surface area contributed by atoms with Crippen LogP contribution < -0.4 is 10.1 Å². The molecule has 1 heterocycles. The Morgan fingerprint density at radius 1 is 1.35 bits per heavy atom. The third-order valence-electron chi connectivity index (χ3n) is 2.57. The van der Waals surface area contributed by atoms with Crippen LogP contribution in [0.3, 0.4) is 0 Å². The van der Waals surface area contributed by atoms with Gasteiger partial charge in [0.1, 0.15) is 5.75 Å². The van der Waals surface area contributed by atoms with Crippen LogP contribution in [-0.4, -0.2) is 30.4 Å². The molecule has 0 saturated heterocycles. The van der Waals surface area contributed by atoms with Gasteiger partial charge in [-0.15, -0.1) is 0 Å². The van der Waals surface area contributed by atoms with Crippen molar-refractivity contribution in [3.63, 3.8) is 0 Å². The minimum atomic E-state index is 0.110. The van der Waals surface area contributed by atoms with Gasteiger partial charge >= 0.3 is 0 Å². The lowest BCUT2D eigenvalue weighted by Gasteiger charge is -2.10. The predicted octanol–water partition coefficient (Wildman–Crippen LogP) is 1.96. The minimum Gasteiger partial charge on any atom is -0.497 e. The summed E-state index contributed by atoms with van der Waals surface area (Å²) in [4.78, 5) is 4.47. The molecule has 90 valence electrons. The average Bonchev–Trinajstić information content (AvgIpc) is 2.34. The number of nitrogens with one attached hydrogen (secondary N) is 1. The number of fused-ring (bicyclic) bond motifs is 1. The van der Waals surface area contributed by atoms with Crippen LogP contribution in [0.2, 0.25) is 0 Å². The monoisotopic (exact) mass is 232 g/mol. The van der Waals surface area contributed by atoms with Gasteiger partial charge in [0.25, 0.3) is 0 Å². The van der Waals surface area contributed by atoms with E-state index < -0.39 is 0 Å². The Hall–Kier alpha value is -1.81. The highest BCUT2D eigenvalue weighted by atomic mass is 16.5. The van der Waals surface area contributed by atoms with Crippen molar-refractivity contribution in [1.29, 1.82) is 0 Å². The second kappa shape index (κ2) is 5.01. The fourth-order valence-electron chi connectivity index (χ4n) is 1.80. The molecule has 0 radical (unpaired) electrons. The summed E-state index contributed by atoms with van der Waals surface area (Å²) in [5, 5.41) is 13.1. The molecule has 0 aliphatic rings. The average molecular weight is 232 g/mol. The quantitative estimate of drug-likeness (QED) is 0.846. The second-order valence-electron chi connectivity index (χ2n) is 3.84. The van der Waals surface area contributed by atoms with E-state index in [4.69, 9.17) is 9.84 Å². The van der Waals surface area contributed by atoms with Crippen LogP contribution in [0.25, 0.3) is 10.9 Å². The number of rotatable bonds is 4. The van der Waals surface area contributed by atoms with Crippen molar-refractivity contribution in [3.05, 3.63) is 30.0 Å². The Kier molecular flexibility index (Phi) is 3.44. The number of nitrogens with zero attached hydrogens (tertiary/aromatic N) is 1. The Bertz CT molecular complexity index is 526. The molecule has 0 saturated carbocycles. The molecule has 0 amide bonds. The normalized spacial score (nSPS) is 10.5. The van der Waals surface area contributed by atoms with Gasteiger partial charge in [-0.05, 0) is 25.1 Å². The highest BCUT2D eigenvalue weighted by molar-refractivity contribution is 5.92. The number of hydrogen-bond donors (Lipinski definition) is 2. The van der Waals surface area contributed by atoms with Crippen molar-refractivity contribution in [2.24, 2.45) is 0 Å². The zero-order valence-corrected chi connectivity index (χ0v) is 10.0. The Morgan fingerprint density at radius 2 is 2.18 bits per heavy atom. The zero-order chi connectivity index (χ0) is 12.3. The molecule has 0 aliphatic carbocycles. The fraction of sp³-hybridized carbons (Fsp3) is 0.308. The molecule has 0 aliphatic heterocycles. The summed E-state index contributed by atoms with van der Waals surface area (Å²) in [6.45, 7) is 2.59. The lowest BCUT2D eigenvalue weighted by Crippen LogP contribution is -2.06. The van der Waals surface area contributed by atoms with Crippen molar-refractivity contribution in [2.75, 3.05) is 25.6 Å². The molecule has 4 nitrogen and oxygen atoms in total. The van der Waals surface area contributed by atoms with E-state index >= 15 is 0 Å². The molecular formula is C13H16N2O2. The molecule has 1 aromatic carbocycles. The van der Waals surface area contributed by atoms with E-state index in [-0.39, 0.29) is 6.61 Å². The molecule has 1 aromatic heterocycles. The van der Waals surface area contributed by atoms with Crippen molar-refractivity contribution < 1.29 is 9.84 Å². The largest absolute Gasteiger partial charge is 0.497 e. The molecule has 0 unspecified atom stereocenters. The first-order chi connectivity index (χ1) is 8.24. The smallest absolute Gasteiger partial charge is 0.121 e. The van der Waals surface area contributed by atoms with Crippen LogP contribution in [0, 0.1) is 6.92 Å². The summed E-state index contributed by atoms with van der Waals surface area (Å²) in [6, 6.07) is 7.76. The Balaban J connectivity index is 2.51. The Morgan fingerprint density at radius 3 is 2.88 bits per heavy atom. The van der Waals surface area contributed by atoms with Crippen molar-refractivity contribution >= 4 is 16.6 Å². The maximum absolute atomic E-state index is 8.85. The molecule has 0 spiro atoms. The second-order valence-corrected chi connectivity index (χ2v) is 3.84. The summed E-state index contributed by atoms with van der Waals surface area (Å²) in [7, 11) is 1.64. The first-order valence-electron chi connectivity index (χ1n) is 5.54. The van der Waals surface area contributed by atoms with Gasteiger partial charge in [0.2, 0.25) is 0 Å². The maximum Gasteiger partial charge on any atom is 0.121 e. The molecule has 2 aromatic rings. The zero-order valence-electron chi connectivity index (χ0n) is 10.0. The van der Waals surface area contributed by atoms with Crippen LogP contribution in [0.4, 0.5) is 5.69 Å². The van der Waals surface area contributed by atoms with Crippen LogP contribution in [0.1, 0.15) is 5.69 Å². The van der Waals surface area contributed by atoms with Crippen molar-refractivity contribution in [2.45, 2.75) is 6.92 Å². The van der Waals surface area contributed by atoms with E-state index in [9.17, 15) is 0 Å². The number of benzene rings is 1. The van der Waals surface area contributed by atoms with Gasteiger partial charge < -0.3 is 15.2 Å². The van der Waals surface area contributed by atoms with Crippen LogP contribution >= 0.6 is 0 Å². The number of anilines is 1. The summed E-state index contributed by atoms with van der Waals surface area (Å²) >= 11 is 0. The molecule has 17 heavy (non-hydrogen) atoms. The summed E-state index contributed by atoms with van der Waals surface area (Å²) < 4.78 is 5.18. The molecule has 4 heteroatoms. The first-order valence-corrected chi connectivity index (χ1v) is 5.54. The third-order valence-corrected chi connectivity index (χ3v) is 2.57. The summed E-state index contributed by atoms with van der Waals surface area (Å²) in [5.41, 5.74) is 2.82. The number of pyridine rings is 1. The Labute approximate surface area is 100 Å². The minimum absolute atomic E-state index is 0.110. The van der Waals surface area contributed by atoms with E-state index in [0.29, 0.717) is 6.54 Å². The lowest BCUT2D eigenvalue weighted by atomic mass is 10.1. The molecule has 0 atom stereocenters. The topological polar surface area (TPSA) is 54.4 Å². The number of aromatic nitrogens is 1. The first kappa shape index (κ1) is 11.7. The number of ether oxygens (including phenoxy) is 1. The SMILES string of the molecule is COc1ccc2c(NCCO)cc(C)nc2c1. The highest BCUT2D eigenvalue weighted by Crippen LogP contribution is 2.26. The third kappa shape index (κ3) is 2.47. The molecule has 2 rings (SSSR count). The number of aliphatic hydroxyl groups is 1. The van der Waals surface area contributed by atoms with E-state index in [1.165, 1.54) is 0 Å². The van der Waals surface area contributed by atoms with Gasteiger partial charge in [-0.3, -0.25) is 4.98 Å². The van der Waals surface area contributed by atoms with Crippen molar-refractivity contribution in [3.8, 4) is 5.75 Å². The molecular weight excluding hydrogens is 216 g/mol. The van der Waals surface area contributed by atoms with Gasteiger partial charge in [0, 0.05) is 29.4 Å². The number of aryl methyl sites for hydroxylation is 1. The van der Waals surface area contributed by atoms with Crippen LogP contribution in [0.15, 0.2) is 24.3 Å². The molecule has 0 fully saturated rings. The number of aliphatic hydroxyl groups excluding tert-OH is 1. The van der Waals surface area contributed by atoms with E-state index in [1.807, 2.05) is 31.2 Å². The maximum atomic E-state index is 8.85. The van der Waals surface area contributed by atoms with Crippen LogP contribution in [-0.2, 0) is 0 Å². The van der Waals surface area contributed by atoms with E-state index in [0.717, 1.165) is 28.0 Å². The van der Waals surface area contributed by atoms with Gasteiger partial charge in [-0.2, -0.15) is 0 Å². The molecule has 2 N–H and O–H groups in total. The lowest BCUT2D eigenvalue weighted by molar-refractivity contribution is 0.311.